The van der Waals surface area contributed by atoms with Gasteiger partial charge in [0.1, 0.15) is 0 Å². The first-order valence-corrected chi connectivity index (χ1v) is 10.2. The third-order valence-electron chi connectivity index (χ3n) is 5.67. The summed E-state index contributed by atoms with van der Waals surface area (Å²) in [6, 6.07) is 7.24. The summed E-state index contributed by atoms with van der Waals surface area (Å²) in [4.78, 5) is 37.5. The number of urea groups is 1. The third-order valence-corrected chi connectivity index (χ3v) is 5.67. The number of carboxylic acids is 1. The topological polar surface area (TPSA) is 98.7 Å². The van der Waals surface area contributed by atoms with Gasteiger partial charge in [-0.25, -0.2) is 4.79 Å². The van der Waals surface area contributed by atoms with Crippen LogP contribution in [0, 0.1) is 11.8 Å². The van der Waals surface area contributed by atoms with Gasteiger partial charge in [-0.05, 0) is 43.4 Å². The summed E-state index contributed by atoms with van der Waals surface area (Å²) in [6.07, 6.45) is 6.66. The SMILES string of the molecule is O=C(O)C1CCCN(C(=O)NCc2cccc(NC(=O)C3CCCCC3)c2)C1. The molecule has 1 saturated carbocycles. The van der Waals surface area contributed by atoms with Crippen LogP contribution in [0.1, 0.15) is 50.5 Å². The van der Waals surface area contributed by atoms with Gasteiger partial charge in [-0.15, -0.1) is 0 Å². The number of carboxylic acid groups (broad SMARTS) is 1. The van der Waals surface area contributed by atoms with Crippen molar-refractivity contribution in [3.05, 3.63) is 29.8 Å². The Morgan fingerprint density at radius 1 is 1.04 bits per heavy atom. The number of carbonyl (C=O) groups is 3. The van der Waals surface area contributed by atoms with E-state index in [1.807, 2.05) is 24.3 Å². The predicted octanol–water partition coefficient (Wildman–Crippen LogP) is 3.21. The van der Waals surface area contributed by atoms with Crippen LogP contribution < -0.4 is 10.6 Å². The van der Waals surface area contributed by atoms with E-state index in [0.29, 0.717) is 25.9 Å². The minimum atomic E-state index is -0.848. The molecule has 1 unspecified atom stereocenters. The Bertz CT molecular complexity index is 715. The molecule has 7 heteroatoms. The molecule has 0 bridgehead atoms. The highest BCUT2D eigenvalue weighted by Crippen LogP contribution is 2.25. The van der Waals surface area contributed by atoms with E-state index >= 15 is 0 Å². The van der Waals surface area contributed by atoms with Crippen molar-refractivity contribution in [3.63, 3.8) is 0 Å². The summed E-state index contributed by atoms with van der Waals surface area (Å²) >= 11 is 0. The Morgan fingerprint density at radius 2 is 1.79 bits per heavy atom. The molecule has 1 aliphatic heterocycles. The summed E-state index contributed by atoms with van der Waals surface area (Å²) in [5, 5.41) is 15.0. The van der Waals surface area contributed by atoms with Crippen molar-refractivity contribution < 1.29 is 19.5 Å². The van der Waals surface area contributed by atoms with Crippen molar-refractivity contribution in [2.75, 3.05) is 18.4 Å². The largest absolute Gasteiger partial charge is 0.481 e. The molecule has 3 amide bonds. The van der Waals surface area contributed by atoms with Gasteiger partial charge in [0, 0.05) is 31.2 Å². The highest BCUT2D eigenvalue weighted by atomic mass is 16.4. The maximum atomic E-state index is 12.4. The zero-order chi connectivity index (χ0) is 19.9. The number of likely N-dealkylation sites (tertiary alicyclic amines) is 1. The van der Waals surface area contributed by atoms with Crippen LogP contribution in [0.25, 0.3) is 0 Å². The number of nitrogens with zero attached hydrogens (tertiary/aromatic N) is 1. The fourth-order valence-electron chi connectivity index (χ4n) is 4.02. The van der Waals surface area contributed by atoms with Gasteiger partial charge in [0.2, 0.25) is 5.91 Å². The van der Waals surface area contributed by atoms with Crippen LogP contribution >= 0.6 is 0 Å². The fourth-order valence-corrected chi connectivity index (χ4v) is 4.02. The van der Waals surface area contributed by atoms with Crippen molar-refractivity contribution >= 4 is 23.6 Å². The average molecular weight is 387 g/mol. The van der Waals surface area contributed by atoms with Crippen LogP contribution in [0.15, 0.2) is 24.3 Å². The Kier molecular flexibility index (Phi) is 6.90. The predicted molar refractivity (Wildman–Crippen MR) is 106 cm³/mol. The second-order valence-electron chi connectivity index (χ2n) is 7.81. The summed E-state index contributed by atoms with van der Waals surface area (Å²) in [5.74, 6) is -1.16. The minimum absolute atomic E-state index is 0.0777. The Balaban J connectivity index is 1.50. The van der Waals surface area contributed by atoms with Crippen LogP contribution in [-0.2, 0) is 16.1 Å². The van der Waals surface area contributed by atoms with Gasteiger partial charge in [0.25, 0.3) is 0 Å². The van der Waals surface area contributed by atoms with Gasteiger partial charge in [-0.2, -0.15) is 0 Å². The molecule has 1 atom stereocenters. The van der Waals surface area contributed by atoms with Crippen LogP contribution in [-0.4, -0.2) is 41.0 Å². The van der Waals surface area contributed by atoms with Crippen molar-refractivity contribution in [1.29, 1.82) is 0 Å². The molecule has 0 spiro atoms. The van der Waals surface area contributed by atoms with E-state index in [1.165, 1.54) is 6.42 Å². The van der Waals surface area contributed by atoms with Gasteiger partial charge < -0.3 is 20.6 Å². The number of rotatable bonds is 5. The number of hydrogen-bond acceptors (Lipinski definition) is 3. The quantitative estimate of drug-likeness (QED) is 0.722. The first-order chi connectivity index (χ1) is 13.5. The standard InChI is InChI=1S/C21H29N3O4/c25-19(16-7-2-1-3-8-16)23-18-10-4-6-15(12-18)13-22-21(28)24-11-5-9-17(14-24)20(26)27/h4,6,10,12,16-17H,1-3,5,7-9,11,13-14H2,(H,22,28)(H,23,25)(H,26,27). The summed E-state index contributed by atoms with van der Waals surface area (Å²) in [6.45, 7) is 1.16. The van der Waals surface area contributed by atoms with Crippen LogP contribution in [0.3, 0.4) is 0 Å². The maximum absolute atomic E-state index is 12.4. The Labute approximate surface area is 165 Å². The van der Waals surface area contributed by atoms with E-state index in [9.17, 15) is 14.4 Å². The normalized spacial score (nSPS) is 20.4. The molecule has 2 fully saturated rings. The molecule has 1 aliphatic carbocycles. The first-order valence-electron chi connectivity index (χ1n) is 10.2. The number of nitrogens with one attached hydrogen (secondary N) is 2. The maximum Gasteiger partial charge on any atom is 0.317 e. The van der Waals surface area contributed by atoms with Gasteiger partial charge in [0.05, 0.1) is 5.92 Å². The van der Waals surface area contributed by atoms with Crippen LogP contribution in [0.2, 0.25) is 0 Å². The molecule has 152 valence electrons. The molecule has 2 aliphatic rings. The molecule has 0 radical (unpaired) electrons. The number of amides is 3. The number of hydrogen-bond donors (Lipinski definition) is 3. The molecule has 7 nitrogen and oxygen atoms in total. The second kappa shape index (κ2) is 9.57. The van der Waals surface area contributed by atoms with E-state index in [0.717, 1.165) is 36.9 Å². The van der Waals surface area contributed by atoms with Gasteiger partial charge in [-0.1, -0.05) is 31.4 Å². The van der Waals surface area contributed by atoms with E-state index in [-0.39, 0.29) is 24.4 Å². The Morgan fingerprint density at radius 3 is 2.54 bits per heavy atom. The van der Waals surface area contributed by atoms with Gasteiger partial charge in [-0.3, -0.25) is 9.59 Å². The fraction of sp³-hybridized carbons (Fsp3) is 0.571. The van der Waals surface area contributed by atoms with E-state index < -0.39 is 11.9 Å². The van der Waals surface area contributed by atoms with E-state index in [1.54, 1.807) is 4.90 Å². The second-order valence-corrected chi connectivity index (χ2v) is 7.81. The van der Waals surface area contributed by atoms with E-state index in [4.69, 9.17) is 5.11 Å². The van der Waals surface area contributed by atoms with Gasteiger partial charge in [0.15, 0.2) is 0 Å². The average Bonchev–Trinajstić information content (AvgIpc) is 2.73. The number of piperidine rings is 1. The number of anilines is 1. The molecule has 1 aromatic rings. The molecular formula is C21H29N3O4. The number of benzene rings is 1. The van der Waals surface area contributed by atoms with Crippen LogP contribution in [0.4, 0.5) is 10.5 Å². The molecule has 1 saturated heterocycles. The van der Waals surface area contributed by atoms with Crippen molar-refractivity contribution in [2.24, 2.45) is 11.8 Å². The highest BCUT2D eigenvalue weighted by Gasteiger charge is 2.28. The zero-order valence-corrected chi connectivity index (χ0v) is 16.2. The lowest BCUT2D eigenvalue weighted by molar-refractivity contribution is -0.143. The summed E-state index contributed by atoms with van der Waals surface area (Å²) < 4.78 is 0. The van der Waals surface area contributed by atoms with Gasteiger partial charge >= 0.3 is 12.0 Å². The van der Waals surface area contributed by atoms with Crippen molar-refractivity contribution in [1.82, 2.24) is 10.2 Å². The van der Waals surface area contributed by atoms with Crippen LogP contribution in [0.5, 0.6) is 0 Å². The molecule has 0 aromatic heterocycles. The number of aliphatic carboxylic acids is 1. The first kappa shape index (κ1) is 20.2. The molecular weight excluding hydrogens is 358 g/mol. The molecule has 28 heavy (non-hydrogen) atoms. The third kappa shape index (κ3) is 5.47. The monoisotopic (exact) mass is 387 g/mol. The molecule has 3 N–H and O–H groups in total. The lowest BCUT2D eigenvalue weighted by atomic mass is 9.88. The lowest BCUT2D eigenvalue weighted by Crippen LogP contribution is -2.46. The Hall–Kier alpha value is -2.57. The minimum Gasteiger partial charge on any atom is -0.481 e. The molecule has 1 aromatic carbocycles. The highest BCUT2D eigenvalue weighted by molar-refractivity contribution is 5.92. The van der Waals surface area contributed by atoms with Crippen molar-refractivity contribution in [3.8, 4) is 0 Å². The molecule has 3 rings (SSSR count). The zero-order valence-electron chi connectivity index (χ0n) is 16.2. The number of carbonyl (C=O) groups excluding carboxylic acids is 2. The smallest absolute Gasteiger partial charge is 0.317 e. The lowest BCUT2D eigenvalue weighted by Gasteiger charge is -2.30. The van der Waals surface area contributed by atoms with E-state index in [2.05, 4.69) is 10.6 Å². The molecule has 1 heterocycles. The summed E-state index contributed by atoms with van der Waals surface area (Å²) in [7, 11) is 0. The van der Waals surface area contributed by atoms with Crippen molar-refractivity contribution in [2.45, 2.75) is 51.5 Å². The summed E-state index contributed by atoms with van der Waals surface area (Å²) in [5.41, 5.74) is 1.63.